The van der Waals surface area contributed by atoms with Crippen molar-refractivity contribution in [3.8, 4) is 0 Å². The molecule has 1 aromatic rings. The Morgan fingerprint density at radius 1 is 1.11 bits per heavy atom. The molecule has 0 unspecified atom stereocenters. The summed E-state index contributed by atoms with van der Waals surface area (Å²) < 4.78 is 7.55. The number of carbonyl (C=O) groups is 2. The number of hydrogen-bond donors (Lipinski definition) is 1. The molecular formula is C28H35N4O4+. The van der Waals surface area contributed by atoms with Crippen LogP contribution in [0.4, 0.5) is 5.69 Å². The number of ether oxygens (including phenoxy) is 1. The molecule has 3 rings (SSSR count). The van der Waals surface area contributed by atoms with Crippen molar-refractivity contribution in [1.29, 1.82) is 0 Å². The number of benzene rings is 1. The minimum Gasteiger partial charge on any atom is -0.507 e. The van der Waals surface area contributed by atoms with Crippen LogP contribution in [0, 0.1) is 0 Å². The highest BCUT2D eigenvalue weighted by Crippen LogP contribution is 2.26. The first-order chi connectivity index (χ1) is 17.3. The third-order valence-electron chi connectivity index (χ3n) is 5.94. The third kappa shape index (κ3) is 7.28. The van der Waals surface area contributed by atoms with Crippen LogP contribution in [-0.4, -0.2) is 85.8 Å². The molecule has 0 bridgehead atoms. The molecule has 1 N–H and O–H groups in total. The summed E-state index contributed by atoms with van der Waals surface area (Å²) in [6.45, 7) is 4.42. The molecule has 0 saturated carbocycles. The van der Waals surface area contributed by atoms with E-state index in [1.807, 2.05) is 82.9 Å². The van der Waals surface area contributed by atoms with Crippen molar-refractivity contribution in [1.82, 2.24) is 5.01 Å². The van der Waals surface area contributed by atoms with Gasteiger partial charge in [-0.2, -0.15) is 5.10 Å². The third-order valence-corrected chi connectivity index (χ3v) is 5.94. The Hall–Kier alpha value is -3.94. The number of hydrazone groups is 1. The van der Waals surface area contributed by atoms with Crippen molar-refractivity contribution >= 4 is 29.4 Å². The van der Waals surface area contributed by atoms with Gasteiger partial charge in [-0.3, -0.25) is 9.59 Å². The summed E-state index contributed by atoms with van der Waals surface area (Å²) in [7, 11) is 5.77. The fourth-order valence-electron chi connectivity index (χ4n) is 3.84. The molecule has 36 heavy (non-hydrogen) atoms. The molecule has 0 atom stereocenters. The van der Waals surface area contributed by atoms with Gasteiger partial charge < -0.3 is 19.8 Å². The van der Waals surface area contributed by atoms with Crippen LogP contribution >= 0.6 is 0 Å². The molecule has 0 radical (unpaired) electrons. The van der Waals surface area contributed by atoms with Crippen molar-refractivity contribution in [3.63, 3.8) is 0 Å². The van der Waals surface area contributed by atoms with E-state index in [0.717, 1.165) is 30.1 Å². The van der Waals surface area contributed by atoms with Crippen LogP contribution in [0.3, 0.4) is 0 Å². The molecule has 0 aliphatic heterocycles. The van der Waals surface area contributed by atoms with Gasteiger partial charge in [0.15, 0.2) is 18.0 Å². The molecule has 0 fully saturated rings. The molecule has 0 heterocycles. The first kappa shape index (κ1) is 26.7. The van der Waals surface area contributed by atoms with Crippen LogP contribution in [-0.2, 0) is 14.3 Å². The molecule has 190 valence electrons. The largest absolute Gasteiger partial charge is 0.507 e. The normalized spacial score (nSPS) is 14.7. The molecule has 1 aromatic carbocycles. The van der Waals surface area contributed by atoms with Gasteiger partial charge in [0.1, 0.15) is 18.9 Å². The monoisotopic (exact) mass is 491 g/mol. The zero-order chi connectivity index (χ0) is 26.1. The number of carbonyl (C=O) groups excluding carboxylic acids is 2. The number of ketones is 1. The number of aliphatic hydroxyl groups is 1. The van der Waals surface area contributed by atoms with Gasteiger partial charge in [0.25, 0.3) is 0 Å². The van der Waals surface area contributed by atoms with Crippen molar-refractivity contribution in [3.05, 3.63) is 77.1 Å². The lowest BCUT2D eigenvalue weighted by molar-refractivity contribution is -0.524. The zero-order valence-electron chi connectivity index (χ0n) is 21.5. The van der Waals surface area contributed by atoms with Gasteiger partial charge in [-0.1, -0.05) is 12.1 Å². The van der Waals surface area contributed by atoms with Gasteiger partial charge in [0.2, 0.25) is 0 Å². The molecule has 0 saturated heterocycles. The average molecular weight is 492 g/mol. The maximum absolute atomic E-state index is 12.2. The lowest BCUT2D eigenvalue weighted by Gasteiger charge is -2.19. The highest BCUT2D eigenvalue weighted by atomic mass is 16.5. The van der Waals surface area contributed by atoms with Crippen molar-refractivity contribution < 1.29 is 24.0 Å². The lowest BCUT2D eigenvalue weighted by atomic mass is 9.90. The number of nitrogens with zero attached hydrogens (tertiary/aromatic N) is 4. The summed E-state index contributed by atoms with van der Waals surface area (Å²) in [6.07, 6.45) is 11.6. The SMILES string of the molecule is CC[N+](CCOC(=O)CCCN(C)c1ccc(/C=N/N(C)C)cc1)=C1C=CC(=C2C(=O)C=C2O)C=C1. The number of rotatable bonds is 11. The lowest BCUT2D eigenvalue weighted by Crippen LogP contribution is -2.25. The number of likely N-dealkylation sites (N-methyl/N-ethyl adjacent to an activating group) is 1. The minimum atomic E-state index is -0.202. The van der Waals surface area contributed by atoms with Crippen LogP contribution in [0.1, 0.15) is 25.3 Å². The van der Waals surface area contributed by atoms with Gasteiger partial charge in [-0.25, -0.2) is 4.58 Å². The summed E-state index contributed by atoms with van der Waals surface area (Å²) >= 11 is 0. The van der Waals surface area contributed by atoms with Crippen LogP contribution < -0.4 is 4.90 Å². The Morgan fingerprint density at radius 2 is 1.81 bits per heavy atom. The molecule has 0 aromatic heterocycles. The second-order valence-corrected chi connectivity index (χ2v) is 8.82. The number of esters is 1. The smallest absolute Gasteiger partial charge is 0.306 e. The number of allylic oxidation sites excluding steroid dienone is 7. The van der Waals surface area contributed by atoms with Crippen molar-refractivity contribution in [2.45, 2.75) is 19.8 Å². The van der Waals surface area contributed by atoms with E-state index in [4.69, 9.17) is 4.74 Å². The molecule has 0 amide bonds. The predicted molar refractivity (Wildman–Crippen MR) is 143 cm³/mol. The maximum atomic E-state index is 12.2. The topological polar surface area (TPSA) is 85.5 Å². The molecule has 0 spiro atoms. The van der Waals surface area contributed by atoms with Crippen molar-refractivity contribution in [2.75, 3.05) is 52.3 Å². The Labute approximate surface area is 212 Å². The van der Waals surface area contributed by atoms with E-state index in [-0.39, 0.29) is 17.5 Å². The standard InChI is InChI=1S/C28H34N4O4/c1-5-32(24-14-10-22(11-15-24)28-25(33)19-26(28)34)17-18-36-27(35)7-6-16-31(4)23-12-8-21(9-13-23)20-29-30(2)3/h8-15,19-20H,5-7,16-18H2,1-4H3/p+1/b29-20+. The summed E-state index contributed by atoms with van der Waals surface area (Å²) in [5, 5.41) is 15.6. The van der Waals surface area contributed by atoms with Gasteiger partial charge >= 0.3 is 5.97 Å². The Balaban J connectivity index is 1.40. The molecule has 8 nitrogen and oxygen atoms in total. The fraction of sp³-hybridized carbons (Fsp3) is 0.357. The summed E-state index contributed by atoms with van der Waals surface area (Å²) in [4.78, 5) is 26.0. The molecule has 8 heteroatoms. The van der Waals surface area contributed by atoms with Crippen LogP contribution in [0.2, 0.25) is 0 Å². The van der Waals surface area contributed by atoms with E-state index in [1.165, 1.54) is 6.08 Å². The zero-order valence-corrected chi connectivity index (χ0v) is 21.5. The van der Waals surface area contributed by atoms with Crippen LogP contribution in [0.25, 0.3) is 0 Å². The van der Waals surface area contributed by atoms with Crippen molar-refractivity contribution in [2.24, 2.45) is 5.10 Å². The van der Waals surface area contributed by atoms with E-state index in [0.29, 0.717) is 37.1 Å². The summed E-state index contributed by atoms with van der Waals surface area (Å²) in [6, 6.07) is 8.13. The molecule has 2 aliphatic rings. The highest BCUT2D eigenvalue weighted by Gasteiger charge is 2.26. The van der Waals surface area contributed by atoms with E-state index in [9.17, 15) is 14.7 Å². The summed E-state index contributed by atoms with van der Waals surface area (Å²) in [5.74, 6) is -0.330. The van der Waals surface area contributed by atoms with E-state index in [2.05, 4.69) is 14.6 Å². The predicted octanol–water partition coefficient (Wildman–Crippen LogP) is 3.26. The fourth-order valence-corrected chi connectivity index (χ4v) is 3.84. The van der Waals surface area contributed by atoms with Gasteiger partial charge in [-0.15, -0.1) is 0 Å². The molecule has 2 aliphatic carbocycles. The Bertz CT molecular complexity index is 1140. The van der Waals surface area contributed by atoms with E-state index < -0.39 is 0 Å². The van der Waals surface area contributed by atoms with E-state index >= 15 is 0 Å². The number of aliphatic hydroxyl groups excluding tert-OH is 1. The Morgan fingerprint density at radius 3 is 2.39 bits per heavy atom. The Kier molecular flexibility index (Phi) is 9.39. The first-order valence-corrected chi connectivity index (χ1v) is 12.1. The second kappa shape index (κ2) is 12.7. The summed E-state index contributed by atoms with van der Waals surface area (Å²) in [5.41, 5.74) is 4.14. The quantitative estimate of drug-likeness (QED) is 0.168. The average Bonchev–Trinajstić information content (AvgIpc) is 2.86. The van der Waals surface area contributed by atoms with Gasteiger partial charge in [0.05, 0.1) is 11.8 Å². The van der Waals surface area contributed by atoms with Crippen LogP contribution in [0.5, 0.6) is 0 Å². The van der Waals surface area contributed by atoms with Gasteiger partial charge in [-0.05, 0) is 48.8 Å². The van der Waals surface area contributed by atoms with E-state index in [1.54, 1.807) is 5.01 Å². The first-order valence-electron chi connectivity index (χ1n) is 12.1. The van der Waals surface area contributed by atoms with Gasteiger partial charge in [0, 0.05) is 58.0 Å². The van der Waals surface area contributed by atoms with Crippen LogP contribution in [0.15, 0.2) is 76.7 Å². The second-order valence-electron chi connectivity index (χ2n) is 8.82. The number of anilines is 1. The maximum Gasteiger partial charge on any atom is 0.306 e. The molecular weight excluding hydrogens is 456 g/mol. The highest BCUT2D eigenvalue weighted by molar-refractivity contribution is 6.16. The number of hydrogen-bond acceptors (Lipinski definition) is 7. The minimum absolute atomic E-state index is 0.0294.